The molecule has 0 saturated carbocycles. The van der Waals surface area contributed by atoms with Crippen LogP contribution in [0.2, 0.25) is 0 Å². The molecule has 0 radical (unpaired) electrons. The number of hydrogen-bond donors (Lipinski definition) is 1. The van der Waals surface area contributed by atoms with Gasteiger partial charge in [-0.1, -0.05) is 0 Å². The van der Waals surface area contributed by atoms with Crippen molar-refractivity contribution in [2.45, 2.75) is 18.9 Å². The van der Waals surface area contributed by atoms with Gasteiger partial charge < -0.3 is 9.84 Å². The predicted octanol–water partition coefficient (Wildman–Crippen LogP) is -0.0167. The minimum absolute atomic E-state index is 0.0956. The van der Waals surface area contributed by atoms with Gasteiger partial charge in [0.15, 0.2) is 0 Å². The van der Waals surface area contributed by atoms with Crippen LogP contribution in [-0.4, -0.2) is 49.0 Å². The van der Waals surface area contributed by atoms with Crippen molar-refractivity contribution < 1.29 is 9.84 Å². The molecule has 1 N–H and O–H groups in total. The van der Waals surface area contributed by atoms with Gasteiger partial charge in [0, 0.05) is 13.1 Å². The predicted molar refractivity (Wildman–Crippen MR) is 48.1 cm³/mol. The van der Waals surface area contributed by atoms with Gasteiger partial charge in [-0.25, -0.2) is 0 Å². The molecule has 4 nitrogen and oxygen atoms in total. The fourth-order valence-electron chi connectivity index (χ4n) is 1.55. The lowest BCUT2D eigenvalue weighted by molar-refractivity contribution is -0.00567. The number of piperidine rings is 1. The largest absolute Gasteiger partial charge is 0.394 e. The molecule has 74 valence electrons. The number of rotatable bonds is 4. The SMILES string of the molecule is N#CCN1CCC(OCCO)CC1. The molecule has 0 aromatic carbocycles. The number of aliphatic hydroxyl groups excluding tert-OH is 1. The quantitative estimate of drug-likeness (QED) is 0.624. The minimum Gasteiger partial charge on any atom is -0.394 e. The zero-order valence-electron chi connectivity index (χ0n) is 7.78. The number of ether oxygens (including phenoxy) is 1. The molecule has 0 aliphatic carbocycles. The van der Waals surface area contributed by atoms with E-state index >= 15 is 0 Å². The first kappa shape index (κ1) is 10.5. The molecule has 0 amide bonds. The second-order valence-corrected chi connectivity index (χ2v) is 3.23. The average molecular weight is 184 g/mol. The van der Waals surface area contributed by atoms with Gasteiger partial charge >= 0.3 is 0 Å². The first-order chi connectivity index (χ1) is 6.36. The molecule has 0 aromatic rings. The van der Waals surface area contributed by atoms with Gasteiger partial charge in [-0.3, -0.25) is 4.90 Å². The fraction of sp³-hybridized carbons (Fsp3) is 0.889. The Morgan fingerprint density at radius 3 is 2.69 bits per heavy atom. The van der Waals surface area contributed by atoms with Crippen LogP contribution in [0.1, 0.15) is 12.8 Å². The van der Waals surface area contributed by atoms with Gasteiger partial charge in [0.05, 0.1) is 31.9 Å². The summed E-state index contributed by atoms with van der Waals surface area (Å²) in [5, 5.41) is 17.0. The molecule has 0 spiro atoms. The van der Waals surface area contributed by atoms with Crippen LogP contribution < -0.4 is 0 Å². The molecule has 0 unspecified atom stereocenters. The lowest BCUT2D eigenvalue weighted by Crippen LogP contribution is -2.37. The van der Waals surface area contributed by atoms with Gasteiger partial charge in [0.2, 0.25) is 0 Å². The number of nitriles is 1. The average Bonchev–Trinajstić information content (AvgIpc) is 2.17. The Morgan fingerprint density at radius 1 is 1.46 bits per heavy atom. The molecular formula is C9H16N2O2. The summed E-state index contributed by atoms with van der Waals surface area (Å²) in [6.45, 7) is 2.92. The smallest absolute Gasteiger partial charge is 0.0866 e. The number of nitrogens with zero attached hydrogens (tertiary/aromatic N) is 2. The zero-order chi connectivity index (χ0) is 9.52. The van der Waals surface area contributed by atoms with Gasteiger partial charge in [-0.05, 0) is 12.8 Å². The lowest BCUT2D eigenvalue weighted by Gasteiger charge is -2.29. The molecule has 13 heavy (non-hydrogen) atoms. The van der Waals surface area contributed by atoms with Crippen LogP contribution in [0.3, 0.4) is 0 Å². The maximum atomic E-state index is 8.55. The minimum atomic E-state index is 0.0956. The summed E-state index contributed by atoms with van der Waals surface area (Å²) in [6.07, 6.45) is 2.23. The third-order valence-electron chi connectivity index (χ3n) is 2.27. The molecule has 0 atom stereocenters. The molecule has 1 aliphatic heterocycles. The van der Waals surface area contributed by atoms with Crippen molar-refractivity contribution in [1.82, 2.24) is 4.90 Å². The maximum Gasteiger partial charge on any atom is 0.0866 e. The number of likely N-dealkylation sites (tertiary alicyclic amines) is 1. The van der Waals surface area contributed by atoms with Crippen LogP contribution >= 0.6 is 0 Å². The lowest BCUT2D eigenvalue weighted by atomic mass is 10.1. The van der Waals surface area contributed by atoms with E-state index in [-0.39, 0.29) is 12.7 Å². The van der Waals surface area contributed by atoms with Crippen molar-refractivity contribution in [3.05, 3.63) is 0 Å². The van der Waals surface area contributed by atoms with Gasteiger partial charge in [0.25, 0.3) is 0 Å². The van der Waals surface area contributed by atoms with Crippen molar-refractivity contribution in [1.29, 1.82) is 5.26 Å². The monoisotopic (exact) mass is 184 g/mol. The molecule has 0 aromatic heterocycles. The van der Waals surface area contributed by atoms with Crippen LogP contribution in [0.25, 0.3) is 0 Å². The third kappa shape index (κ3) is 3.73. The molecule has 0 bridgehead atoms. The van der Waals surface area contributed by atoms with E-state index in [1.165, 1.54) is 0 Å². The molecule has 1 heterocycles. The number of aliphatic hydroxyl groups is 1. The zero-order valence-corrected chi connectivity index (χ0v) is 7.78. The van der Waals surface area contributed by atoms with Gasteiger partial charge in [-0.2, -0.15) is 5.26 Å². The summed E-state index contributed by atoms with van der Waals surface area (Å²) < 4.78 is 5.40. The summed E-state index contributed by atoms with van der Waals surface area (Å²) in [4.78, 5) is 2.12. The van der Waals surface area contributed by atoms with Crippen LogP contribution in [0.4, 0.5) is 0 Å². The summed E-state index contributed by atoms with van der Waals surface area (Å²) in [5.41, 5.74) is 0. The van der Waals surface area contributed by atoms with Gasteiger partial charge in [-0.15, -0.1) is 0 Å². The summed E-state index contributed by atoms with van der Waals surface area (Å²) >= 11 is 0. The van der Waals surface area contributed by atoms with Crippen molar-refractivity contribution >= 4 is 0 Å². The highest BCUT2D eigenvalue weighted by Gasteiger charge is 2.18. The van der Waals surface area contributed by atoms with E-state index in [1.807, 2.05) is 0 Å². The summed E-state index contributed by atoms with van der Waals surface area (Å²) in [6, 6.07) is 2.14. The van der Waals surface area contributed by atoms with E-state index in [4.69, 9.17) is 15.1 Å². The van der Waals surface area contributed by atoms with Crippen LogP contribution in [-0.2, 0) is 4.74 Å². The normalized spacial score (nSPS) is 20.0. The Kier molecular flexibility index (Phi) is 4.76. The van der Waals surface area contributed by atoms with Crippen LogP contribution in [0.5, 0.6) is 0 Å². The van der Waals surface area contributed by atoms with E-state index in [9.17, 15) is 0 Å². The molecule has 1 fully saturated rings. The summed E-state index contributed by atoms with van der Waals surface area (Å²) in [7, 11) is 0. The second-order valence-electron chi connectivity index (χ2n) is 3.23. The van der Waals surface area contributed by atoms with Crippen molar-refractivity contribution in [2.24, 2.45) is 0 Å². The van der Waals surface area contributed by atoms with Crippen molar-refractivity contribution in [2.75, 3.05) is 32.8 Å². The van der Waals surface area contributed by atoms with Gasteiger partial charge in [0.1, 0.15) is 0 Å². The van der Waals surface area contributed by atoms with Crippen molar-refractivity contribution in [3.63, 3.8) is 0 Å². The van der Waals surface area contributed by atoms with E-state index in [0.717, 1.165) is 25.9 Å². The second kappa shape index (κ2) is 5.92. The Balaban J connectivity index is 2.12. The molecular weight excluding hydrogens is 168 g/mol. The molecule has 4 heteroatoms. The van der Waals surface area contributed by atoms with E-state index in [2.05, 4.69) is 11.0 Å². The Bertz CT molecular complexity index is 171. The first-order valence-corrected chi connectivity index (χ1v) is 4.68. The van der Waals surface area contributed by atoms with Crippen LogP contribution in [0.15, 0.2) is 0 Å². The Hall–Kier alpha value is -0.630. The molecule has 1 rings (SSSR count). The van der Waals surface area contributed by atoms with Crippen molar-refractivity contribution in [3.8, 4) is 6.07 Å². The number of hydrogen-bond acceptors (Lipinski definition) is 4. The highest BCUT2D eigenvalue weighted by molar-refractivity contribution is 4.80. The Morgan fingerprint density at radius 2 is 2.15 bits per heavy atom. The fourth-order valence-corrected chi connectivity index (χ4v) is 1.55. The highest BCUT2D eigenvalue weighted by Crippen LogP contribution is 2.12. The summed E-state index contributed by atoms with van der Waals surface area (Å²) in [5.74, 6) is 0. The van der Waals surface area contributed by atoms with E-state index < -0.39 is 0 Å². The highest BCUT2D eigenvalue weighted by atomic mass is 16.5. The van der Waals surface area contributed by atoms with E-state index in [0.29, 0.717) is 13.2 Å². The van der Waals surface area contributed by atoms with Crippen LogP contribution in [0, 0.1) is 11.3 Å². The maximum absolute atomic E-state index is 8.55. The molecule has 1 aliphatic rings. The Labute approximate surface area is 78.7 Å². The first-order valence-electron chi connectivity index (χ1n) is 4.68. The molecule has 1 saturated heterocycles. The standard InChI is InChI=1S/C9H16N2O2/c10-3-6-11-4-1-9(2-5-11)13-8-7-12/h9,12H,1-2,4-8H2. The van der Waals surface area contributed by atoms with E-state index in [1.54, 1.807) is 0 Å². The third-order valence-corrected chi connectivity index (χ3v) is 2.27. The topological polar surface area (TPSA) is 56.5 Å².